The van der Waals surface area contributed by atoms with Gasteiger partial charge in [0.1, 0.15) is 0 Å². The molecule has 0 heterocycles. The van der Waals surface area contributed by atoms with Crippen LogP contribution in [0.2, 0.25) is 0 Å². The van der Waals surface area contributed by atoms with Crippen LogP contribution in [0.3, 0.4) is 0 Å². The number of benzene rings is 1. The number of esters is 1. The third kappa shape index (κ3) is 4.64. The van der Waals surface area contributed by atoms with Crippen LogP contribution in [0.25, 0.3) is 0 Å². The summed E-state index contributed by atoms with van der Waals surface area (Å²) in [6.45, 7) is 1.74. The second-order valence-electron chi connectivity index (χ2n) is 3.97. The molecule has 5 heteroatoms. The van der Waals surface area contributed by atoms with E-state index in [1.807, 2.05) is 0 Å². The summed E-state index contributed by atoms with van der Waals surface area (Å²) in [6, 6.07) is 7.70. The van der Waals surface area contributed by atoms with Gasteiger partial charge < -0.3 is 4.74 Å². The molecule has 1 atom stereocenters. The van der Waals surface area contributed by atoms with E-state index in [-0.39, 0.29) is 29.0 Å². The molecule has 0 N–H and O–H groups in total. The third-order valence-electron chi connectivity index (χ3n) is 2.43. The van der Waals surface area contributed by atoms with Crippen LogP contribution < -0.4 is 0 Å². The maximum atomic E-state index is 13.8. The van der Waals surface area contributed by atoms with Crippen molar-refractivity contribution in [3.05, 3.63) is 35.9 Å². The average Bonchev–Trinajstić information content (AvgIpc) is 2.37. The second kappa shape index (κ2) is 6.73. The Morgan fingerprint density at radius 3 is 2.56 bits per heavy atom. The number of carbonyl (C=O) groups is 1. The van der Waals surface area contributed by atoms with E-state index in [0.29, 0.717) is 0 Å². The van der Waals surface area contributed by atoms with Gasteiger partial charge in [-0.1, -0.05) is 37.3 Å². The molecule has 1 unspecified atom stereocenters. The third-order valence-corrected chi connectivity index (χ3v) is 3.69. The van der Waals surface area contributed by atoms with Crippen LogP contribution in [0.4, 0.5) is 8.78 Å². The van der Waals surface area contributed by atoms with E-state index in [0.717, 1.165) is 11.8 Å². The van der Waals surface area contributed by atoms with E-state index >= 15 is 0 Å². The lowest BCUT2D eigenvalue weighted by atomic mass is 10.1. The minimum absolute atomic E-state index is 0.00256. The summed E-state index contributed by atoms with van der Waals surface area (Å²) in [4.78, 5) is 11.0. The first kappa shape index (κ1) is 15.0. The summed E-state index contributed by atoms with van der Waals surface area (Å²) >= 11 is 1.07. The van der Waals surface area contributed by atoms with Crippen LogP contribution in [0.5, 0.6) is 0 Å². The summed E-state index contributed by atoms with van der Waals surface area (Å²) in [5.41, 5.74) is 0.00256. The summed E-state index contributed by atoms with van der Waals surface area (Å²) < 4.78 is 32.1. The van der Waals surface area contributed by atoms with Gasteiger partial charge in [0.2, 0.25) is 0 Å². The predicted octanol–water partition coefficient (Wildman–Crippen LogP) is 3.46. The van der Waals surface area contributed by atoms with Crippen molar-refractivity contribution in [1.29, 1.82) is 0 Å². The normalized spacial score (nSPS) is 13.1. The van der Waals surface area contributed by atoms with Crippen molar-refractivity contribution in [2.75, 3.05) is 12.9 Å². The molecule has 0 saturated heterocycles. The molecule has 0 bridgehead atoms. The topological polar surface area (TPSA) is 26.3 Å². The number of methoxy groups -OCH3 is 1. The van der Waals surface area contributed by atoms with Gasteiger partial charge >= 0.3 is 5.97 Å². The SMILES string of the molecule is COC(=O)CC(C)SCC(F)(F)c1ccccc1. The number of halogens is 2. The zero-order valence-electron chi connectivity index (χ0n) is 10.4. The lowest BCUT2D eigenvalue weighted by Gasteiger charge is -2.18. The highest BCUT2D eigenvalue weighted by Gasteiger charge is 2.32. The molecule has 0 aliphatic heterocycles. The molecule has 0 radical (unpaired) electrons. The molecule has 0 aliphatic rings. The number of thioether (sulfide) groups is 1. The van der Waals surface area contributed by atoms with Crippen molar-refractivity contribution < 1.29 is 18.3 Å². The first-order valence-electron chi connectivity index (χ1n) is 5.57. The van der Waals surface area contributed by atoms with Crippen molar-refractivity contribution >= 4 is 17.7 Å². The van der Waals surface area contributed by atoms with Crippen molar-refractivity contribution in [3.63, 3.8) is 0 Å². The van der Waals surface area contributed by atoms with Gasteiger partial charge in [0.25, 0.3) is 5.92 Å². The highest BCUT2D eigenvalue weighted by Crippen LogP contribution is 2.33. The van der Waals surface area contributed by atoms with Gasteiger partial charge in [-0.25, -0.2) is 8.78 Å². The Bertz CT molecular complexity index is 382. The number of ether oxygens (including phenoxy) is 1. The van der Waals surface area contributed by atoms with Crippen LogP contribution in [0.1, 0.15) is 18.9 Å². The van der Waals surface area contributed by atoms with Crippen molar-refractivity contribution in [3.8, 4) is 0 Å². The molecule has 1 rings (SSSR count). The molecule has 1 aromatic carbocycles. The maximum absolute atomic E-state index is 13.8. The van der Waals surface area contributed by atoms with Crippen LogP contribution in [0, 0.1) is 0 Å². The molecular formula is C13H16F2O2S. The molecule has 100 valence electrons. The van der Waals surface area contributed by atoms with Crippen molar-refractivity contribution in [1.82, 2.24) is 0 Å². The van der Waals surface area contributed by atoms with Gasteiger partial charge in [0.05, 0.1) is 19.3 Å². The summed E-state index contributed by atoms with van der Waals surface area (Å²) in [5, 5.41) is -0.188. The fourth-order valence-electron chi connectivity index (χ4n) is 1.39. The number of rotatable bonds is 6. The number of hydrogen-bond acceptors (Lipinski definition) is 3. The predicted molar refractivity (Wildman–Crippen MR) is 68.9 cm³/mol. The second-order valence-corrected chi connectivity index (χ2v) is 5.40. The average molecular weight is 274 g/mol. The van der Waals surface area contributed by atoms with Gasteiger partial charge in [-0.3, -0.25) is 4.79 Å². The summed E-state index contributed by atoms with van der Waals surface area (Å²) in [7, 11) is 1.29. The van der Waals surface area contributed by atoms with Gasteiger partial charge in [-0.15, -0.1) is 0 Å². The van der Waals surface area contributed by atoms with Crippen molar-refractivity contribution in [2.24, 2.45) is 0 Å². The van der Waals surface area contributed by atoms with E-state index in [9.17, 15) is 13.6 Å². The molecule has 0 saturated carbocycles. The molecule has 0 amide bonds. The van der Waals surface area contributed by atoms with Crippen LogP contribution >= 0.6 is 11.8 Å². The Labute approximate surface area is 110 Å². The zero-order chi connectivity index (χ0) is 13.6. The smallest absolute Gasteiger partial charge is 0.306 e. The van der Waals surface area contributed by atoms with E-state index in [1.54, 1.807) is 25.1 Å². The van der Waals surface area contributed by atoms with E-state index in [2.05, 4.69) is 4.74 Å². The first-order valence-corrected chi connectivity index (χ1v) is 6.62. The quantitative estimate of drug-likeness (QED) is 0.743. The maximum Gasteiger partial charge on any atom is 0.306 e. The molecule has 18 heavy (non-hydrogen) atoms. The highest BCUT2D eigenvalue weighted by atomic mass is 32.2. The Balaban J connectivity index is 2.49. The lowest BCUT2D eigenvalue weighted by molar-refractivity contribution is -0.140. The Morgan fingerprint density at radius 1 is 1.39 bits per heavy atom. The Kier molecular flexibility index (Phi) is 5.59. The molecular weight excluding hydrogens is 258 g/mol. The molecule has 0 spiro atoms. The lowest BCUT2D eigenvalue weighted by Crippen LogP contribution is -2.19. The van der Waals surface area contributed by atoms with Gasteiger partial charge in [0, 0.05) is 10.8 Å². The number of hydrogen-bond donors (Lipinski definition) is 0. The molecule has 0 fully saturated rings. The van der Waals surface area contributed by atoms with E-state index in [1.165, 1.54) is 19.2 Å². The monoisotopic (exact) mass is 274 g/mol. The standard InChI is InChI=1S/C13H16F2O2S/c1-10(8-12(16)17-2)18-9-13(14,15)11-6-4-3-5-7-11/h3-7,10H,8-9H2,1-2H3. The highest BCUT2D eigenvalue weighted by molar-refractivity contribution is 7.99. The molecule has 2 nitrogen and oxygen atoms in total. The first-order chi connectivity index (χ1) is 8.45. The van der Waals surface area contributed by atoms with E-state index < -0.39 is 5.92 Å². The number of alkyl halides is 2. The van der Waals surface area contributed by atoms with Crippen LogP contribution in [-0.4, -0.2) is 24.1 Å². The van der Waals surface area contributed by atoms with Gasteiger partial charge in [0.15, 0.2) is 0 Å². The minimum Gasteiger partial charge on any atom is -0.469 e. The molecule has 1 aromatic rings. The number of carbonyl (C=O) groups excluding carboxylic acids is 1. The Morgan fingerprint density at radius 2 is 2.00 bits per heavy atom. The zero-order valence-corrected chi connectivity index (χ0v) is 11.2. The largest absolute Gasteiger partial charge is 0.469 e. The molecule has 0 aliphatic carbocycles. The molecule has 0 aromatic heterocycles. The van der Waals surface area contributed by atoms with Gasteiger partial charge in [-0.2, -0.15) is 11.8 Å². The van der Waals surface area contributed by atoms with E-state index in [4.69, 9.17) is 0 Å². The summed E-state index contributed by atoms with van der Waals surface area (Å²) in [5.74, 6) is -3.59. The van der Waals surface area contributed by atoms with Gasteiger partial charge in [-0.05, 0) is 0 Å². The fourth-order valence-corrected chi connectivity index (χ4v) is 2.30. The Hall–Kier alpha value is -1.10. The van der Waals surface area contributed by atoms with Crippen molar-refractivity contribution in [2.45, 2.75) is 24.5 Å². The fraction of sp³-hybridized carbons (Fsp3) is 0.462. The van der Waals surface area contributed by atoms with Crippen LogP contribution in [-0.2, 0) is 15.5 Å². The minimum atomic E-state index is -2.88. The van der Waals surface area contributed by atoms with Crippen LogP contribution in [0.15, 0.2) is 30.3 Å². The summed E-state index contributed by atoms with van der Waals surface area (Å²) in [6.07, 6.45) is 0.145.